The number of hydrogen-bond donors (Lipinski definition) is 2. The minimum absolute atomic E-state index is 0.171. The Morgan fingerprint density at radius 2 is 1.80 bits per heavy atom. The zero-order valence-electron chi connectivity index (χ0n) is 13.1. The third-order valence-electron chi connectivity index (χ3n) is 2.98. The minimum Gasteiger partial charge on any atom is -0.497 e. The van der Waals surface area contributed by atoms with Gasteiger partial charge in [0.1, 0.15) is 5.75 Å². The Morgan fingerprint density at radius 1 is 1.20 bits per heavy atom. The smallest absolute Gasteiger partial charge is 0.118 e. The fraction of sp³-hybridized carbons (Fsp3) is 0.625. The second-order valence-electron chi connectivity index (χ2n) is 5.98. The molecule has 2 N–H and O–H groups in total. The number of benzene rings is 1. The molecule has 20 heavy (non-hydrogen) atoms. The number of methoxy groups -OCH3 is 1. The summed E-state index contributed by atoms with van der Waals surface area (Å²) in [7, 11) is 1.66. The van der Waals surface area contributed by atoms with Crippen LogP contribution in [-0.4, -0.2) is 37.1 Å². The average molecular weight is 281 g/mol. The molecule has 0 aliphatic heterocycles. The zero-order chi connectivity index (χ0) is 15.2. The van der Waals surface area contributed by atoms with Gasteiger partial charge in [0.25, 0.3) is 0 Å². The van der Waals surface area contributed by atoms with Crippen molar-refractivity contribution in [2.24, 2.45) is 0 Å². The van der Waals surface area contributed by atoms with Crippen molar-refractivity contribution in [2.75, 3.05) is 20.3 Å². The molecular weight excluding hydrogens is 254 g/mol. The summed E-state index contributed by atoms with van der Waals surface area (Å²) in [5.41, 5.74) is 0.942. The second-order valence-corrected chi connectivity index (χ2v) is 5.98. The lowest BCUT2D eigenvalue weighted by molar-refractivity contribution is -0.0482. The van der Waals surface area contributed by atoms with E-state index in [0.29, 0.717) is 13.2 Å². The largest absolute Gasteiger partial charge is 0.497 e. The molecule has 4 nitrogen and oxygen atoms in total. The van der Waals surface area contributed by atoms with Gasteiger partial charge in [-0.2, -0.15) is 0 Å². The van der Waals surface area contributed by atoms with Gasteiger partial charge in [0.05, 0.1) is 25.4 Å². The number of hydrogen-bond acceptors (Lipinski definition) is 4. The Kier molecular flexibility index (Phi) is 6.46. The van der Waals surface area contributed by atoms with Gasteiger partial charge in [-0.3, -0.25) is 0 Å². The van der Waals surface area contributed by atoms with Crippen LogP contribution >= 0.6 is 0 Å². The summed E-state index contributed by atoms with van der Waals surface area (Å²) < 4.78 is 10.7. The highest BCUT2D eigenvalue weighted by Gasteiger charge is 2.14. The number of rotatable bonds is 7. The zero-order valence-corrected chi connectivity index (χ0v) is 13.1. The van der Waals surface area contributed by atoms with E-state index < -0.39 is 6.10 Å². The van der Waals surface area contributed by atoms with Crippen LogP contribution in [0.2, 0.25) is 0 Å². The maximum Gasteiger partial charge on any atom is 0.118 e. The lowest BCUT2D eigenvalue weighted by Crippen LogP contribution is -2.34. The van der Waals surface area contributed by atoms with Gasteiger partial charge in [-0.15, -0.1) is 0 Å². The monoisotopic (exact) mass is 281 g/mol. The highest BCUT2D eigenvalue weighted by Crippen LogP contribution is 2.17. The standard InChI is InChI=1S/C16H27NO3/c1-12(13-6-8-15(19-5)9-7-13)17-10-14(18)11-20-16(2,3)4/h6-9,12,14,17-18H,10-11H2,1-5H3/t12-,14?/m0/s1. The third kappa shape index (κ3) is 6.37. The highest BCUT2D eigenvalue weighted by molar-refractivity contribution is 5.28. The maximum absolute atomic E-state index is 9.88. The molecule has 114 valence electrons. The molecule has 4 heteroatoms. The predicted molar refractivity (Wildman–Crippen MR) is 81.1 cm³/mol. The molecule has 0 fully saturated rings. The van der Waals surface area contributed by atoms with Gasteiger partial charge < -0.3 is 19.9 Å². The predicted octanol–water partition coefficient (Wildman–Crippen LogP) is 2.52. The van der Waals surface area contributed by atoms with Gasteiger partial charge in [0, 0.05) is 12.6 Å². The van der Waals surface area contributed by atoms with Crippen LogP contribution in [0.25, 0.3) is 0 Å². The van der Waals surface area contributed by atoms with Gasteiger partial charge in [0.15, 0.2) is 0 Å². The van der Waals surface area contributed by atoms with Crippen LogP contribution in [0.15, 0.2) is 24.3 Å². The molecule has 0 bridgehead atoms. The molecule has 0 amide bonds. The second kappa shape index (κ2) is 7.62. The highest BCUT2D eigenvalue weighted by atomic mass is 16.5. The van der Waals surface area contributed by atoms with E-state index in [4.69, 9.17) is 9.47 Å². The molecule has 0 aliphatic carbocycles. The first kappa shape index (κ1) is 17.0. The number of aliphatic hydroxyl groups excluding tert-OH is 1. The molecule has 1 rings (SSSR count). The van der Waals surface area contributed by atoms with Crippen molar-refractivity contribution in [1.82, 2.24) is 5.32 Å². The van der Waals surface area contributed by atoms with Crippen LogP contribution in [0.5, 0.6) is 5.75 Å². The Bertz CT molecular complexity index is 384. The Balaban J connectivity index is 2.36. The Morgan fingerprint density at radius 3 is 2.30 bits per heavy atom. The molecule has 2 atom stereocenters. The Hall–Kier alpha value is -1.10. The van der Waals surface area contributed by atoms with Crippen molar-refractivity contribution in [3.63, 3.8) is 0 Å². The first-order valence-electron chi connectivity index (χ1n) is 7.01. The number of nitrogens with one attached hydrogen (secondary N) is 1. The molecule has 1 aromatic carbocycles. The fourth-order valence-corrected chi connectivity index (χ4v) is 1.73. The first-order chi connectivity index (χ1) is 9.31. The molecule has 0 heterocycles. The molecule has 0 saturated heterocycles. The molecule has 0 radical (unpaired) electrons. The average Bonchev–Trinajstić information content (AvgIpc) is 2.41. The van der Waals surface area contributed by atoms with Crippen LogP contribution in [0.3, 0.4) is 0 Å². The number of aliphatic hydroxyl groups is 1. The summed E-state index contributed by atoms with van der Waals surface area (Å²) in [4.78, 5) is 0. The van der Waals surface area contributed by atoms with Crippen LogP contribution < -0.4 is 10.1 Å². The topological polar surface area (TPSA) is 50.7 Å². The lowest BCUT2D eigenvalue weighted by atomic mass is 10.1. The number of ether oxygens (including phenoxy) is 2. The van der Waals surface area contributed by atoms with Crippen LogP contribution in [0.4, 0.5) is 0 Å². The van der Waals surface area contributed by atoms with Crippen molar-refractivity contribution < 1.29 is 14.6 Å². The maximum atomic E-state index is 9.88. The summed E-state index contributed by atoms with van der Waals surface area (Å²) in [5.74, 6) is 0.847. The normalized spacial score (nSPS) is 14.9. The van der Waals surface area contributed by atoms with Crippen LogP contribution in [-0.2, 0) is 4.74 Å². The molecule has 0 aromatic heterocycles. The molecule has 0 aliphatic rings. The molecule has 1 unspecified atom stereocenters. The molecular formula is C16H27NO3. The molecule has 1 aromatic rings. The molecule has 0 saturated carbocycles. The van der Waals surface area contributed by atoms with Crippen molar-refractivity contribution in [3.05, 3.63) is 29.8 Å². The van der Waals surface area contributed by atoms with Gasteiger partial charge in [-0.25, -0.2) is 0 Å². The van der Waals surface area contributed by atoms with E-state index >= 15 is 0 Å². The van der Waals surface area contributed by atoms with E-state index in [1.54, 1.807) is 7.11 Å². The fourth-order valence-electron chi connectivity index (χ4n) is 1.73. The van der Waals surface area contributed by atoms with Crippen LogP contribution in [0, 0.1) is 0 Å². The van der Waals surface area contributed by atoms with E-state index in [2.05, 4.69) is 12.2 Å². The van der Waals surface area contributed by atoms with E-state index in [1.165, 1.54) is 0 Å². The van der Waals surface area contributed by atoms with Gasteiger partial charge >= 0.3 is 0 Å². The van der Waals surface area contributed by atoms with Crippen molar-refractivity contribution in [1.29, 1.82) is 0 Å². The first-order valence-corrected chi connectivity index (χ1v) is 7.01. The summed E-state index contributed by atoms with van der Waals surface area (Å²) in [6.07, 6.45) is -0.505. The summed E-state index contributed by atoms with van der Waals surface area (Å²) >= 11 is 0. The van der Waals surface area contributed by atoms with E-state index in [1.807, 2.05) is 45.0 Å². The third-order valence-corrected chi connectivity index (χ3v) is 2.98. The summed E-state index contributed by atoms with van der Waals surface area (Å²) in [6.45, 7) is 8.85. The van der Waals surface area contributed by atoms with Crippen molar-refractivity contribution >= 4 is 0 Å². The quantitative estimate of drug-likeness (QED) is 0.806. The summed E-state index contributed by atoms with van der Waals surface area (Å²) in [5, 5.41) is 13.2. The van der Waals surface area contributed by atoms with Gasteiger partial charge in [0.2, 0.25) is 0 Å². The van der Waals surface area contributed by atoms with Gasteiger partial charge in [-0.05, 0) is 45.4 Å². The lowest BCUT2D eigenvalue weighted by Gasteiger charge is -2.23. The van der Waals surface area contributed by atoms with Crippen molar-refractivity contribution in [2.45, 2.75) is 45.4 Å². The molecule has 0 spiro atoms. The van der Waals surface area contributed by atoms with E-state index in [9.17, 15) is 5.11 Å². The minimum atomic E-state index is -0.505. The SMILES string of the molecule is COc1ccc([C@H](C)NCC(O)COC(C)(C)C)cc1. The van der Waals surface area contributed by atoms with Crippen molar-refractivity contribution in [3.8, 4) is 5.75 Å². The Labute approximate surface area is 122 Å². The van der Waals surface area contributed by atoms with E-state index in [-0.39, 0.29) is 11.6 Å². The van der Waals surface area contributed by atoms with E-state index in [0.717, 1.165) is 11.3 Å². The van der Waals surface area contributed by atoms with Gasteiger partial charge in [-0.1, -0.05) is 12.1 Å². The summed E-state index contributed by atoms with van der Waals surface area (Å²) in [6, 6.07) is 8.09. The van der Waals surface area contributed by atoms with Crippen LogP contribution in [0.1, 0.15) is 39.3 Å².